The molecule has 0 aliphatic heterocycles. The quantitative estimate of drug-likeness (QED) is 0.728. The molecule has 0 unspecified atom stereocenters. The highest BCUT2D eigenvalue weighted by atomic mass is 32.1. The summed E-state index contributed by atoms with van der Waals surface area (Å²) in [5, 5.41) is 5.68. The summed E-state index contributed by atoms with van der Waals surface area (Å²) in [6.45, 7) is 0. The molecule has 0 spiro atoms. The number of aromatic nitrogens is 3. The highest BCUT2D eigenvalue weighted by molar-refractivity contribution is 7.73. The smallest absolute Gasteiger partial charge is 0.164 e. The molecule has 1 aromatic heterocycles. The van der Waals surface area contributed by atoms with Crippen LogP contribution < -0.4 is 0 Å². The van der Waals surface area contributed by atoms with E-state index < -0.39 is 0 Å². The Bertz CT molecular complexity index is 542. The minimum Gasteiger partial charge on any atom is -0.287 e. The minimum absolute atomic E-state index is 0.414. The van der Waals surface area contributed by atoms with Crippen molar-refractivity contribution in [1.29, 1.82) is 0 Å². The van der Waals surface area contributed by atoms with Gasteiger partial charge in [-0.25, -0.2) is 4.98 Å². The lowest BCUT2D eigenvalue weighted by molar-refractivity contribution is 0.956. The van der Waals surface area contributed by atoms with Crippen LogP contribution in [0.25, 0.3) is 11.4 Å². The lowest BCUT2D eigenvalue weighted by Crippen LogP contribution is -1.92. The van der Waals surface area contributed by atoms with Crippen LogP contribution in [-0.4, -0.2) is 15.2 Å². The minimum atomic E-state index is 0.414. The van der Waals surface area contributed by atoms with E-state index in [1.54, 1.807) is 0 Å². The van der Waals surface area contributed by atoms with Gasteiger partial charge >= 0.3 is 0 Å². The topological polar surface area (TPSA) is 44.5 Å². The molecule has 2 N–H and O–H groups in total. The normalized spacial score (nSPS) is 10.0. The fraction of sp³-hybridized carbons (Fsp3) is 0. The van der Waals surface area contributed by atoms with Gasteiger partial charge in [0, 0.05) is 5.56 Å². The molecule has 1 aromatic carbocycles. The van der Waals surface area contributed by atoms with Gasteiger partial charge in [0.05, 0.1) is 0 Å². The van der Waals surface area contributed by atoms with E-state index in [0.29, 0.717) is 15.1 Å². The molecule has 0 atom stereocenters. The fourth-order valence-corrected chi connectivity index (χ4v) is 1.32. The van der Waals surface area contributed by atoms with Crippen molar-refractivity contribution in [1.82, 2.24) is 15.2 Å². The van der Waals surface area contributed by atoms with Crippen molar-refractivity contribution in [3.05, 3.63) is 39.6 Å². The maximum atomic E-state index is 4.97. The maximum absolute atomic E-state index is 4.97. The largest absolute Gasteiger partial charge is 0.287 e. The number of nitrogens with one attached hydrogen (secondary N) is 2. The molecule has 0 saturated carbocycles. The Morgan fingerprint density at radius 1 is 1.00 bits per heavy atom. The van der Waals surface area contributed by atoms with Gasteiger partial charge in [-0.2, -0.15) is 0 Å². The van der Waals surface area contributed by atoms with E-state index in [1.165, 1.54) is 0 Å². The molecule has 1 heterocycles. The number of hydrogen-bond acceptors (Lipinski definition) is 3. The van der Waals surface area contributed by atoms with E-state index in [1.807, 2.05) is 30.3 Å². The van der Waals surface area contributed by atoms with Gasteiger partial charge in [-0.1, -0.05) is 54.8 Å². The van der Waals surface area contributed by atoms with Crippen LogP contribution in [0.5, 0.6) is 0 Å². The first-order chi connectivity index (χ1) is 6.77. The third-order valence-electron chi connectivity index (χ3n) is 1.75. The third kappa shape index (κ3) is 1.78. The molecule has 2 rings (SSSR count). The van der Waals surface area contributed by atoms with Crippen LogP contribution in [-0.2, 0) is 0 Å². The third-order valence-corrected chi connectivity index (χ3v) is 2.47. The number of rotatable bonds is 1. The first kappa shape index (κ1) is 9.23. The lowest BCUT2D eigenvalue weighted by Gasteiger charge is -1.99. The Morgan fingerprint density at radius 2 is 1.71 bits per heavy atom. The summed E-state index contributed by atoms with van der Waals surface area (Å²) in [6, 6.07) is 9.73. The van der Waals surface area contributed by atoms with Crippen LogP contribution >= 0.6 is 24.4 Å². The molecule has 0 radical (unpaired) electrons. The Morgan fingerprint density at radius 3 is 2.36 bits per heavy atom. The van der Waals surface area contributed by atoms with Crippen molar-refractivity contribution in [2.45, 2.75) is 0 Å². The number of benzene rings is 1. The average Bonchev–Trinajstić information content (AvgIpc) is 2.23. The van der Waals surface area contributed by atoms with E-state index in [2.05, 4.69) is 15.2 Å². The summed E-state index contributed by atoms with van der Waals surface area (Å²) >= 11 is 9.88. The van der Waals surface area contributed by atoms with Crippen LogP contribution in [0.1, 0.15) is 0 Å². The van der Waals surface area contributed by atoms with Gasteiger partial charge in [0.25, 0.3) is 0 Å². The maximum Gasteiger partial charge on any atom is 0.164 e. The summed E-state index contributed by atoms with van der Waals surface area (Å²) in [4.78, 5) is 4.17. The Balaban J connectivity index is 2.59. The second-order valence-corrected chi connectivity index (χ2v) is 3.51. The molecule has 70 valence electrons. The Labute approximate surface area is 90.8 Å². The van der Waals surface area contributed by atoms with Crippen molar-refractivity contribution >= 4 is 24.4 Å². The van der Waals surface area contributed by atoms with Crippen molar-refractivity contribution in [3.63, 3.8) is 0 Å². The molecular weight excluding hydrogens is 214 g/mol. The zero-order chi connectivity index (χ0) is 9.97. The van der Waals surface area contributed by atoms with Crippen molar-refractivity contribution in [2.24, 2.45) is 0 Å². The number of nitrogens with zero attached hydrogens (tertiary/aromatic N) is 1. The second kappa shape index (κ2) is 3.81. The molecular formula is C9H7N3S2. The molecule has 0 fully saturated rings. The molecule has 14 heavy (non-hydrogen) atoms. The van der Waals surface area contributed by atoms with Gasteiger partial charge in [0.1, 0.15) is 0 Å². The first-order valence-corrected chi connectivity index (χ1v) is 4.83. The van der Waals surface area contributed by atoms with Crippen LogP contribution in [0.3, 0.4) is 0 Å². The van der Waals surface area contributed by atoms with Crippen LogP contribution in [0.15, 0.2) is 30.3 Å². The van der Waals surface area contributed by atoms with E-state index in [4.69, 9.17) is 24.4 Å². The number of hydrogen-bond donors (Lipinski definition) is 2. The van der Waals surface area contributed by atoms with E-state index in [9.17, 15) is 0 Å². The summed E-state index contributed by atoms with van der Waals surface area (Å²) < 4.78 is 0.872. The van der Waals surface area contributed by atoms with Crippen LogP contribution in [0, 0.1) is 9.28 Å². The Kier molecular flexibility index (Phi) is 2.51. The fourth-order valence-electron chi connectivity index (χ4n) is 1.08. The monoisotopic (exact) mass is 221 g/mol. The van der Waals surface area contributed by atoms with Crippen molar-refractivity contribution in [2.75, 3.05) is 0 Å². The molecule has 2 aromatic rings. The predicted molar refractivity (Wildman–Crippen MR) is 60.0 cm³/mol. The van der Waals surface area contributed by atoms with Crippen molar-refractivity contribution in [3.8, 4) is 11.4 Å². The summed E-state index contributed by atoms with van der Waals surface area (Å²) in [5.74, 6) is 0.698. The van der Waals surface area contributed by atoms with Gasteiger partial charge in [0.2, 0.25) is 0 Å². The molecule has 0 aliphatic carbocycles. The average molecular weight is 221 g/mol. The van der Waals surface area contributed by atoms with E-state index in [-0.39, 0.29) is 0 Å². The van der Waals surface area contributed by atoms with Gasteiger partial charge in [-0.15, -0.1) is 0 Å². The number of H-pyrrole nitrogens is 2. The molecule has 5 heteroatoms. The summed E-state index contributed by atoms with van der Waals surface area (Å²) in [5.41, 5.74) is 0.977. The summed E-state index contributed by atoms with van der Waals surface area (Å²) in [6.07, 6.45) is 0. The van der Waals surface area contributed by atoms with Gasteiger partial charge in [-0.05, 0) is 0 Å². The SMILES string of the molecule is S=c1nc(-c2ccccc2)[nH][nH]c1=S. The zero-order valence-electron chi connectivity index (χ0n) is 7.15. The molecule has 0 bridgehead atoms. The highest BCUT2D eigenvalue weighted by Crippen LogP contribution is 2.11. The highest BCUT2D eigenvalue weighted by Gasteiger charge is 1.97. The zero-order valence-corrected chi connectivity index (χ0v) is 8.78. The van der Waals surface area contributed by atoms with Crippen LogP contribution in [0.4, 0.5) is 0 Å². The second-order valence-electron chi connectivity index (χ2n) is 2.71. The predicted octanol–water partition coefficient (Wildman–Crippen LogP) is 2.86. The van der Waals surface area contributed by atoms with Gasteiger partial charge in [0.15, 0.2) is 15.1 Å². The lowest BCUT2D eigenvalue weighted by atomic mass is 10.2. The molecule has 0 aliphatic rings. The number of aromatic amines is 2. The Hall–Kier alpha value is -1.33. The first-order valence-electron chi connectivity index (χ1n) is 4.02. The van der Waals surface area contributed by atoms with E-state index >= 15 is 0 Å². The van der Waals surface area contributed by atoms with Gasteiger partial charge < -0.3 is 0 Å². The standard InChI is InChI=1S/C9H7N3S2/c13-8-9(14)12-11-7(10-8)6-4-2-1-3-5-6/h1-5H,(H,12,14)(H,10,11,13). The van der Waals surface area contributed by atoms with E-state index in [0.717, 1.165) is 5.56 Å². The summed E-state index contributed by atoms with van der Waals surface area (Å²) in [7, 11) is 0. The molecule has 0 saturated heterocycles. The van der Waals surface area contributed by atoms with Crippen molar-refractivity contribution < 1.29 is 0 Å². The van der Waals surface area contributed by atoms with Crippen LogP contribution in [0.2, 0.25) is 0 Å². The van der Waals surface area contributed by atoms with Gasteiger partial charge in [-0.3, -0.25) is 10.2 Å². The molecule has 3 nitrogen and oxygen atoms in total. The molecule has 0 amide bonds.